The van der Waals surface area contributed by atoms with Crippen LogP contribution in [0, 0.1) is 0 Å². The number of halogens is 1. The van der Waals surface area contributed by atoms with Crippen molar-refractivity contribution in [1.82, 2.24) is 19.5 Å². The second-order valence-corrected chi connectivity index (χ2v) is 6.29. The quantitative estimate of drug-likeness (QED) is 0.407. The lowest BCUT2D eigenvalue weighted by Gasteiger charge is -2.08. The van der Waals surface area contributed by atoms with Gasteiger partial charge in [0.05, 0.1) is 6.33 Å². The van der Waals surface area contributed by atoms with Gasteiger partial charge >= 0.3 is 0 Å². The van der Waals surface area contributed by atoms with E-state index in [1.165, 1.54) is 5.56 Å². The van der Waals surface area contributed by atoms with Crippen LogP contribution in [0.25, 0.3) is 11.2 Å². The molecule has 0 aliphatic carbocycles. The molecule has 2 heterocycles. The summed E-state index contributed by atoms with van der Waals surface area (Å²) in [4.78, 5) is 13.2. The molecule has 0 atom stereocenters. The van der Waals surface area contributed by atoms with E-state index in [0.29, 0.717) is 15.8 Å². The van der Waals surface area contributed by atoms with Crippen LogP contribution >= 0.6 is 23.4 Å². The highest BCUT2D eigenvalue weighted by Gasteiger charge is 2.13. The normalized spacial score (nSPS) is 11.4. The Balaban J connectivity index is 1.90. The van der Waals surface area contributed by atoms with Crippen molar-refractivity contribution in [2.75, 3.05) is 0 Å². The van der Waals surface area contributed by atoms with Crippen LogP contribution in [0.15, 0.2) is 41.8 Å². The van der Waals surface area contributed by atoms with Crippen molar-refractivity contribution < 1.29 is 0 Å². The molecular weight excluding hydrogens is 304 g/mol. The predicted octanol–water partition coefficient (Wildman–Crippen LogP) is 4.35. The van der Waals surface area contributed by atoms with Crippen LogP contribution in [0.3, 0.4) is 0 Å². The van der Waals surface area contributed by atoms with Crippen LogP contribution in [0.5, 0.6) is 0 Å². The van der Waals surface area contributed by atoms with E-state index in [1.54, 1.807) is 18.1 Å². The van der Waals surface area contributed by atoms with E-state index in [2.05, 4.69) is 40.9 Å². The van der Waals surface area contributed by atoms with E-state index < -0.39 is 0 Å². The summed E-state index contributed by atoms with van der Waals surface area (Å²) in [5, 5.41) is 1.09. The molecule has 4 nitrogen and oxygen atoms in total. The highest BCUT2D eigenvalue weighted by molar-refractivity contribution is 7.98. The van der Waals surface area contributed by atoms with Crippen molar-refractivity contribution in [3.63, 3.8) is 0 Å². The topological polar surface area (TPSA) is 43.6 Å². The average Bonchev–Trinajstić information content (AvgIpc) is 2.91. The van der Waals surface area contributed by atoms with Crippen LogP contribution < -0.4 is 0 Å². The van der Waals surface area contributed by atoms with Gasteiger partial charge in [0.2, 0.25) is 0 Å². The molecule has 21 heavy (non-hydrogen) atoms. The molecule has 0 amide bonds. The number of hydrogen-bond donors (Lipinski definition) is 0. The average molecular weight is 319 g/mol. The van der Waals surface area contributed by atoms with Gasteiger partial charge in [0.15, 0.2) is 16.0 Å². The molecule has 0 fully saturated rings. The summed E-state index contributed by atoms with van der Waals surface area (Å²) in [6, 6.07) is 10.5. The zero-order chi connectivity index (χ0) is 14.8. The number of aromatic nitrogens is 4. The van der Waals surface area contributed by atoms with E-state index in [9.17, 15) is 0 Å². The molecular formula is C15H15ClN4S. The van der Waals surface area contributed by atoms with Crippen molar-refractivity contribution >= 4 is 34.5 Å². The van der Waals surface area contributed by atoms with Gasteiger partial charge in [0.25, 0.3) is 0 Å². The fourth-order valence-electron chi connectivity index (χ4n) is 2.03. The lowest BCUT2D eigenvalue weighted by atomic mass is 10.2. The second kappa shape index (κ2) is 6.03. The lowest BCUT2D eigenvalue weighted by molar-refractivity contribution is 0.610. The summed E-state index contributed by atoms with van der Waals surface area (Å²) >= 11 is 7.80. The fraction of sp³-hybridized carbons (Fsp3) is 0.267. The number of thioether (sulfide) groups is 1. The monoisotopic (exact) mass is 318 g/mol. The molecule has 3 rings (SSSR count). The molecule has 0 N–H and O–H groups in total. The maximum atomic E-state index is 6.22. The molecule has 0 aliphatic heterocycles. The standard InChI is InChI=1S/C15H15ClN4S/c1-10(2)20-9-17-12-13(16)18-15(19-14(12)20)21-8-11-6-4-3-5-7-11/h3-7,9-10H,8H2,1-2H3. The number of hydrogen-bond acceptors (Lipinski definition) is 4. The van der Waals surface area contributed by atoms with E-state index in [1.807, 2.05) is 22.8 Å². The SMILES string of the molecule is CC(C)n1cnc2c(Cl)nc(SCc3ccccc3)nc21. The first-order valence-electron chi connectivity index (χ1n) is 6.72. The van der Waals surface area contributed by atoms with Gasteiger partial charge in [-0.15, -0.1) is 0 Å². The maximum Gasteiger partial charge on any atom is 0.191 e. The molecule has 0 spiro atoms. The van der Waals surface area contributed by atoms with Gasteiger partial charge in [-0.25, -0.2) is 15.0 Å². The summed E-state index contributed by atoms with van der Waals surface area (Å²) in [7, 11) is 0. The third kappa shape index (κ3) is 3.04. The van der Waals surface area contributed by atoms with E-state index in [-0.39, 0.29) is 6.04 Å². The Bertz CT molecular complexity index is 755. The minimum Gasteiger partial charge on any atom is -0.313 e. The molecule has 0 saturated carbocycles. The van der Waals surface area contributed by atoms with E-state index in [4.69, 9.17) is 11.6 Å². The Hall–Kier alpha value is -1.59. The Kier molecular flexibility index (Phi) is 4.12. The first-order valence-corrected chi connectivity index (χ1v) is 8.08. The van der Waals surface area contributed by atoms with Crippen LogP contribution in [0.1, 0.15) is 25.5 Å². The third-order valence-electron chi connectivity index (χ3n) is 3.13. The Labute approximate surface area is 132 Å². The Morgan fingerprint density at radius 3 is 2.67 bits per heavy atom. The lowest BCUT2D eigenvalue weighted by Crippen LogP contribution is -2.01. The van der Waals surface area contributed by atoms with Crippen LogP contribution in [-0.2, 0) is 5.75 Å². The molecule has 1 aromatic carbocycles. The minimum absolute atomic E-state index is 0.285. The van der Waals surface area contributed by atoms with Gasteiger partial charge in [-0.05, 0) is 19.4 Å². The zero-order valence-corrected chi connectivity index (χ0v) is 13.4. The Morgan fingerprint density at radius 1 is 1.19 bits per heavy atom. The largest absolute Gasteiger partial charge is 0.313 e. The number of nitrogens with zero attached hydrogens (tertiary/aromatic N) is 4. The first-order chi connectivity index (χ1) is 10.1. The second-order valence-electron chi connectivity index (χ2n) is 4.99. The van der Waals surface area contributed by atoms with Crippen molar-refractivity contribution in [1.29, 1.82) is 0 Å². The van der Waals surface area contributed by atoms with E-state index in [0.717, 1.165) is 11.4 Å². The van der Waals surface area contributed by atoms with Gasteiger partial charge in [-0.2, -0.15) is 0 Å². The van der Waals surface area contributed by atoms with E-state index >= 15 is 0 Å². The van der Waals surface area contributed by atoms with Crippen molar-refractivity contribution in [2.45, 2.75) is 30.8 Å². The molecule has 0 bridgehead atoms. The van der Waals surface area contributed by atoms with Gasteiger partial charge in [0, 0.05) is 11.8 Å². The highest BCUT2D eigenvalue weighted by Crippen LogP contribution is 2.26. The molecule has 0 aliphatic rings. The number of fused-ring (bicyclic) bond motifs is 1. The molecule has 3 aromatic rings. The summed E-state index contributed by atoms with van der Waals surface area (Å²) < 4.78 is 2.01. The molecule has 0 saturated heterocycles. The van der Waals surface area contributed by atoms with Gasteiger partial charge in [-0.3, -0.25) is 0 Å². The summed E-state index contributed by atoms with van der Waals surface area (Å²) in [6.45, 7) is 4.18. The predicted molar refractivity (Wildman–Crippen MR) is 86.7 cm³/mol. The summed E-state index contributed by atoms with van der Waals surface area (Å²) in [5.74, 6) is 0.818. The third-order valence-corrected chi connectivity index (χ3v) is 4.31. The van der Waals surface area contributed by atoms with Crippen molar-refractivity contribution in [2.24, 2.45) is 0 Å². The number of benzene rings is 1. The van der Waals surface area contributed by atoms with Gasteiger partial charge in [0.1, 0.15) is 5.52 Å². The molecule has 6 heteroatoms. The summed E-state index contributed by atoms with van der Waals surface area (Å²) in [5.41, 5.74) is 2.69. The van der Waals surface area contributed by atoms with Crippen molar-refractivity contribution in [3.05, 3.63) is 47.4 Å². The molecule has 0 radical (unpaired) electrons. The van der Waals surface area contributed by atoms with Crippen LogP contribution in [0.4, 0.5) is 0 Å². The van der Waals surface area contributed by atoms with Crippen molar-refractivity contribution in [3.8, 4) is 0 Å². The maximum absolute atomic E-state index is 6.22. The molecule has 2 aromatic heterocycles. The summed E-state index contributed by atoms with van der Waals surface area (Å²) in [6.07, 6.45) is 1.77. The zero-order valence-electron chi connectivity index (χ0n) is 11.8. The minimum atomic E-state index is 0.285. The number of rotatable bonds is 4. The smallest absolute Gasteiger partial charge is 0.191 e. The van der Waals surface area contributed by atoms with Gasteiger partial charge in [-0.1, -0.05) is 53.7 Å². The van der Waals surface area contributed by atoms with Crippen LogP contribution in [0.2, 0.25) is 5.15 Å². The molecule has 0 unspecified atom stereocenters. The number of imidazole rings is 1. The van der Waals surface area contributed by atoms with Crippen LogP contribution in [-0.4, -0.2) is 19.5 Å². The fourth-order valence-corrected chi connectivity index (χ4v) is 3.09. The first kappa shape index (κ1) is 14.4. The highest BCUT2D eigenvalue weighted by atomic mass is 35.5. The Morgan fingerprint density at radius 2 is 1.95 bits per heavy atom. The molecule has 108 valence electrons. The van der Waals surface area contributed by atoms with Gasteiger partial charge < -0.3 is 4.57 Å².